The Morgan fingerprint density at radius 2 is 2.12 bits per heavy atom. The molecule has 2 N–H and O–H groups in total. The van der Waals surface area contributed by atoms with Crippen molar-refractivity contribution in [1.29, 1.82) is 0 Å². The molecule has 0 saturated heterocycles. The van der Waals surface area contributed by atoms with Gasteiger partial charge in [-0.1, -0.05) is 6.07 Å². The van der Waals surface area contributed by atoms with Crippen molar-refractivity contribution in [3.63, 3.8) is 0 Å². The van der Waals surface area contributed by atoms with Gasteiger partial charge in [-0.3, -0.25) is 4.79 Å². The first kappa shape index (κ1) is 10.9. The molecular weight excluding hydrogens is 211 g/mol. The summed E-state index contributed by atoms with van der Waals surface area (Å²) in [5.74, 6) is -1.99. The summed E-state index contributed by atoms with van der Waals surface area (Å²) in [7, 11) is 0. The molecule has 1 aromatic carbocycles. The Morgan fingerprint density at radius 3 is 2.62 bits per heavy atom. The molecule has 2 rings (SSSR count). The zero-order valence-corrected chi connectivity index (χ0v) is 8.96. The number of aromatic hydroxyl groups is 1. The second-order valence-corrected chi connectivity index (χ2v) is 4.49. The molecule has 1 saturated carbocycles. The van der Waals surface area contributed by atoms with Crippen molar-refractivity contribution in [2.75, 3.05) is 0 Å². The average Bonchev–Trinajstić information content (AvgIpc) is 2.91. The van der Waals surface area contributed by atoms with Crippen LogP contribution in [0, 0.1) is 12.7 Å². The third kappa shape index (κ3) is 1.75. The molecule has 1 aliphatic rings. The van der Waals surface area contributed by atoms with Crippen molar-refractivity contribution >= 4 is 5.97 Å². The zero-order valence-electron chi connectivity index (χ0n) is 8.96. The van der Waals surface area contributed by atoms with Gasteiger partial charge in [0.05, 0.1) is 6.42 Å². The molecule has 1 aromatic rings. The summed E-state index contributed by atoms with van der Waals surface area (Å²) in [5, 5.41) is 18.4. The van der Waals surface area contributed by atoms with Crippen molar-refractivity contribution in [2.45, 2.75) is 31.6 Å². The van der Waals surface area contributed by atoms with Gasteiger partial charge in [-0.2, -0.15) is 0 Å². The van der Waals surface area contributed by atoms with Gasteiger partial charge in [-0.25, -0.2) is 4.39 Å². The number of carboxylic acids is 1. The Kier molecular flexibility index (Phi) is 2.37. The highest BCUT2D eigenvalue weighted by molar-refractivity contribution is 5.70. The van der Waals surface area contributed by atoms with Crippen LogP contribution in [0.3, 0.4) is 0 Å². The van der Waals surface area contributed by atoms with Gasteiger partial charge in [-0.05, 0) is 31.4 Å². The minimum absolute atomic E-state index is 0.0521. The number of carbonyl (C=O) groups is 1. The van der Waals surface area contributed by atoms with Gasteiger partial charge >= 0.3 is 5.97 Å². The third-order valence-corrected chi connectivity index (χ3v) is 3.12. The number of halogens is 1. The maximum atomic E-state index is 13.3. The number of aryl methyl sites for hydroxylation is 1. The van der Waals surface area contributed by atoms with E-state index >= 15 is 0 Å². The van der Waals surface area contributed by atoms with Crippen LogP contribution in [-0.4, -0.2) is 16.2 Å². The van der Waals surface area contributed by atoms with Crippen molar-refractivity contribution in [2.24, 2.45) is 0 Å². The Morgan fingerprint density at radius 1 is 1.50 bits per heavy atom. The second kappa shape index (κ2) is 3.47. The predicted molar refractivity (Wildman–Crippen MR) is 56.0 cm³/mol. The van der Waals surface area contributed by atoms with E-state index in [1.54, 1.807) is 13.0 Å². The quantitative estimate of drug-likeness (QED) is 0.828. The van der Waals surface area contributed by atoms with Crippen LogP contribution >= 0.6 is 0 Å². The van der Waals surface area contributed by atoms with Crippen molar-refractivity contribution < 1.29 is 19.4 Å². The largest absolute Gasteiger partial charge is 0.505 e. The van der Waals surface area contributed by atoms with E-state index in [0.717, 1.165) is 0 Å². The number of aliphatic carboxylic acids is 1. The first-order chi connectivity index (χ1) is 7.44. The molecule has 0 aliphatic heterocycles. The third-order valence-electron chi connectivity index (χ3n) is 3.12. The monoisotopic (exact) mass is 224 g/mol. The molecule has 0 aromatic heterocycles. The Bertz CT molecular complexity index is 450. The van der Waals surface area contributed by atoms with Gasteiger partial charge in [0, 0.05) is 11.0 Å². The van der Waals surface area contributed by atoms with Crippen molar-refractivity contribution in [3.8, 4) is 5.75 Å². The van der Waals surface area contributed by atoms with Gasteiger partial charge in [0.25, 0.3) is 0 Å². The lowest BCUT2D eigenvalue weighted by molar-refractivity contribution is -0.137. The Balaban J connectivity index is 2.44. The van der Waals surface area contributed by atoms with E-state index in [4.69, 9.17) is 5.11 Å². The minimum atomic E-state index is -0.918. The lowest BCUT2D eigenvalue weighted by Crippen LogP contribution is -2.13. The number of rotatable bonds is 3. The van der Waals surface area contributed by atoms with Crippen LogP contribution in [-0.2, 0) is 10.2 Å². The number of hydrogen-bond donors (Lipinski definition) is 2. The summed E-state index contributed by atoms with van der Waals surface area (Å²) in [6.45, 7) is 1.73. The van der Waals surface area contributed by atoms with Gasteiger partial charge in [-0.15, -0.1) is 0 Å². The molecule has 0 heterocycles. The van der Waals surface area contributed by atoms with Gasteiger partial charge < -0.3 is 10.2 Å². The van der Waals surface area contributed by atoms with E-state index in [-0.39, 0.29) is 6.42 Å². The normalized spacial score (nSPS) is 17.1. The summed E-state index contributed by atoms with van der Waals surface area (Å²) in [5.41, 5.74) is 0.581. The standard InChI is InChI=1S/C12H13FO3/c1-7-4-8(11(16)9(13)5-7)12(2-3-12)6-10(14)15/h4-5,16H,2-3,6H2,1H3,(H,14,15). The summed E-state index contributed by atoms with van der Waals surface area (Å²) >= 11 is 0. The zero-order chi connectivity index (χ0) is 11.9. The number of hydrogen-bond acceptors (Lipinski definition) is 2. The Labute approximate surface area is 92.5 Å². The number of phenolic OH excluding ortho intramolecular Hbond substituents is 1. The van der Waals surface area contributed by atoms with Crippen LogP contribution in [0.25, 0.3) is 0 Å². The van der Waals surface area contributed by atoms with E-state index in [0.29, 0.717) is 24.0 Å². The highest BCUT2D eigenvalue weighted by atomic mass is 19.1. The van der Waals surface area contributed by atoms with E-state index in [1.807, 2.05) is 0 Å². The summed E-state index contributed by atoms with van der Waals surface area (Å²) in [6, 6.07) is 2.92. The molecular formula is C12H13FO3. The topological polar surface area (TPSA) is 57.5 Å². The van der Waals surface area contributed by atoms with Crippen LogP contribution < -0.4 is 0 Å². The molecule has 0 radical (unpaired) electrons. The van der Waals surface area contributed by atoms with E-state index in [1.165, 1.54) is 6.07 Å². The molecule has 3 nitrogen and oxygen atoms in total. The smallest absolute Gasteiger partial charge is 0.304 e. The van der Waals surface area contributed by atoms with Crippen LogP contribution in [0.5, 0.6) is 5.75 Å². The van der Waals surface area contributed by atoms with Gasteiger partial charge in [0.15, 0.2) is 11.6 Å². The average molecular weight is 224 g/mol. The lowest BCUT2D eigenvalue weighted by atomic mass is 9.90. The molecule has 16 heavy (non-hydrogen) atoms. The molecule has 0 atom stereocenters. The van der Waals surface area contributed by atoms with Crippen LogP contribution in [0.2, 0.25) is 0 Å². The first-order valence-electron chi connectivity index (χ1n) is 5.16. The fourth-order valence-electron chi connectivity index (χ4n) is 2.12. The maximum Gasteiger partial charge on any atom is 0.304 e. The molecule has 0 amide bonds. The van der Waals surface area contributed by atoms with E-state index < -0.39 is 23.0 Å². The van der Waals surface area contributed by atoms with Crippen LogP contribution in [0.4, 0.5) is 4.39 Å². The van der Waals surface area contributed by atoms with Crippen molar-refractivity contribution in [3.05, 3.63) is 29.1 Å². The number of benzene rings is 1. The summed E-state index contributed by atoms with van der Waals surface area (Å²) in [4.78, 5) is 10.7. The van der Waals surface area contributed by atoms with Gasteiger partial charge in [0.2, 0.25) is 0 Å². The molecule has 0 spiro atoms. The molecule has 0 unspecified atom stereocenters. The highest BCUT2D eigenvalue weighted by Crippen LogP contribution is 2.54. The fraction of sp³-hybridized carbons (Fsp3) is 0.417. The summed E-state index contributed by atoms with van der Waals surface area (Å²) in [6.07, 6.45) is 1.33. The van der Waals surface area contributed by atoms with Crippen LogP contribution in [0.1, 0.15) is 30.4 Å². The van der Waals surface area contributed by atoms with E-state index in [2.05, 4.69) is 0 Å². The highest BCUT2D eigenvalue weighted by Gasteiger charge is 2.48. The number of carboxylic acid groups (broad SMARTS) is 1. The molecule has 0 bridgehead atoms. The summed E-state index contributed by atoms with van der Waals surface area (Å²) < 4.78 is 13.3. The van der Waals surface area contributed by atoms with Crippen molar-refractivity contribution in [1.82, 2.24) is 0 Å². The number of phenols is 1. The molecule has 4 heteroatoms. The first-order valence-corrected chi connectivity index (χ1v) is 5.16. The van der Waals surface area contributed by atoms with Crippen LogP contribution in [0.15, 0.2) is 12.1 Å². The van der Waals surface area contributed by atoms with E-state index in [9.17, 15) is 14.3 Å². The Hall–Kier alpha value is -1.58. The molecule has 86 valence electrons. The minimum Gasteiger partial charge on any atom is -0.505 e. The molecule has 1 fully saturated rings. The maximum absolute atomic E-state index is 13.3. The molecule has 1 aliphatic carbocycles. The fourth-order valence-corrected chi connectivity index (χ4v) is 2.12. The van der Waals surface area contributed by atoms with Gasteiger partial charge in [0.1, 0.15) is 0 Å². The second-order valence-electron chi connectivity index (χ2n) is 4.49. The lowest BCUT2D eigenvalue weighted by Gasteiger charge is -2.16. The SMILES string of the molecule is Cc1cc(F)c(O)c(C2(CC(=O)O)CC2)c1. The predicted octanol–water partition coefficient (Wildman–Crippen LogP) is 2.35.